The molecule has 0 aliphatic rings. The topological polar surface area (TPSA) is 35.0 Å². The van der Waals surface area contributed by atoms with Gasteiger partial charge < -0.3 is 4.74 Å². The van der Waals surface area contributed by atoms with E-state index in [9.17, 15) is 0 Å². The maximum Gasteiger partial charge on any atom is 0.198 e. The Kier molecular flexibility index (Phi) is 3.11. The Morgan fingerprint density at radius 3 is 2.84 bits per heavy atom. The fourth-order valence-electron chi connectivity index (χ4n) is 2.17. The van der Waals surface area contributed by atoms with Crippen molar-refractivity contribution in [3.05, 3.63) is 55.0 Å². The summed E-state index contributed by atoms with van der Waals surface area (Å²) in [4.78, 5) is 8.16. The van der Waals surface area contributed by atoms with Gasteiger partial charge in [-0.2, -0.15) is 0 Å². The summed E-state index contributed by atoms with van der Waals surface area (Å²) >= 11 is 0. The van der Waals surface area contributed by atoms with Crippen LogP contribution in [0.4, 0.5) is 0 Å². The summed E-state index contributed by atoms with van der Waals surface area (Å²) in [7, 11) is 0. The lowest BCUT2D eigenvalue weighted by Crippen LogP contribution is -1.97. The third kappa shape index (κ3) is 2.15. The third-order valence-corrected chi connectivity index (χ3v) is 2.98. The molecule has 0 saturated heterocycles. The van der Waals surface area contributed by atoms with Gasteiger partial charge in [0, 0.05) is 5.56 Å². The first kappa shape index (κ1) is 11.7. The van der Waals surface area contributed by atoms with Crippen LogP contribution in [0.5, 0.6) is 5.75 Å². The fraction of sp³-hybridized carbons (Fsp3) is 0.125. The normalized spacial score (nSPS) is 10.6. The van der Waals surface area contributed by atoms with Gasteiger partial charge in [0.25, 0.3) is 0 Å². The zero-order valence-electron chi connectivity index (χ0n) is 10.6. The van der Waals surface area contributed by atoms with E-state index in [1.807, 2.05) is 31.2 Å². The highest BCUT2D eigenvalue weighted by Gasteiger charge is 2.10. The van der Waals surface area contributed by atoms with E-state index in [4.69, 9.17) is 4.74 Å². The Morgan fingerprint density at radius 1 is 1.11 bits per heavy atom. The SMILES string of the molecule is CCOc1cn[c]nc1-c1cccc2ccccc12. The Morgan fingerprint density at radius 2 is 1.95 bits per heavy atom. The molecule has 3 aromatic rings. The molecule has 0 aliphatic carbocycles. The molecule has 1 heterocycles. The van der Waals surface area contributed by atoms with Crippen LogP contribution in [0.15, 0.2) is 48.7 Å². The van der Waals surface area contributed by atoms with Crippen molar-refractivity contribution in [3.63, 3.8) is 0 Å². The van der Waals surface area contributed by atoms with Crippen molar-refractivity contribution in [2.75, 3.05) is 6.61 Å². The summed E-state index contributed by atoms with van der Waals surface area (Å²) in [6.45, 7) is 2.54. The van der Waals surface area contributed by atoms with Crippen LogP contribution in [0.3, 0.4) is 0 Å². The van der Waals surface area contributed by atoms with Crippen LogP contribution >= 0.6 is 0 Å². The van der Waals surface area contributed by atoms with Crippen LogP contribution in [0.1, 0.15) is 6.92 Å². The minimum Gasteiger partial charge on any atom is -0.490 e. The molecule has 0 unspecified atom stereocenters. The van der Waals surface area contributed by atoms with Crippen molar-refractivity contribution in [1.82, 2.24) is 9.97 Å². The van der Waals surface area contributed by atoms with Crippen LogP contribution in [0.2, 0.25) is 0 Å². The predicted octanol–water partition coefficient (Wildman–Crippen LogP) is 3.50. The van der Waals surface area contributed by atoms with Crippen molar-refractivity contribution in [3.8, 4) is 17.0 Å². The summed E-state index contributed by atoms with van der Waals surface area (Å²) in [6, 6.07) is 14.4. The number of hydrogen-bond donors (Lipinski definition) is 0. The zero-order valence-corrected chi connectivity index (χ0v) is 10.6. The molecule has 0 fully saturated rings. The summed E-state index contributed by atoms with van der Waals surface area (Å²) in [5, 5.41) is 2.33. The molecule has 0 aliphatic heterocycles. The second-order valence-corrected chi connectivity index (χ2v) is 4.14. The molecule has 3 rings (SSSR count). The molecular weight excluding hydrogens is 236 g/mol. The number of hydrogen-bond acceptors (Lipinski definition) is 3. The average molecular weight is 249 g/mol. The quantitative estimate of drug-likeness (QED) is 0.712. The molecule has 2 aromatic carbocycles. The maximum absolute atomic E-state index is 5.60. The molecule has 0 bridgehead atoms. The summed E-state index contributed by atoms with van der Waals surface area (Å²) in [5.74, 6) is 0.692. The van der Waals surface area contributed by atoms with Gasteiger partial charge in [0.05, 0.1) is 12.8 Å². The first-order chi connectivity index (χ1) is 9.40. The smallest absolute Gasteiger partial charge is 0.198 e. The van der Waals surface area contributed by atoms with Gasteiger partial charge >= 0.3 is 0 Å². The molecular formula is C16H13N2O. The second kappa shape index (κ2) is 5.06. The Hall–Kier alpha value is -2.42. The Bertz CT molecular complexity index is 704. The van der Waals surface area contributed by atoms with Gasteiger partial charge in [-0.05, 0) is 17.7 Å². The number of rotatable bonds is 3. The van der Waals surface area contributed by atoms with Crippen LogP contribution in [-0.4, -0.2) is 16.6 Å². The first-order valence-corrected chi connectivity index (χ1v) is 6.24. The molecule has 0 amide bonds. The van der Waals surface area contributed by atoms with E-state index in [1.54, 1.807) is 6.20 Å². The summed E-state index contributed by atoms with van der Waals surface area (Å²) in [6.07, 6.45) is 4.30. The Balaban J connectivity index is 2.25. The molecule has 0 saturated carbocycles. The molecule has 1 radical (unpaired) electrons. The van der Waals surface area contributed by atoms with Crippen LogP contribution in [-0.2, 0) is 0 Å². The van der Waals surface area contributed by atoms with Crippen LogP contribution < -0.4 is 4.74 Å². The fourth-order valence-corrected chi connectivity index (χ4v) is 2.17. The van der Waals surface area contributed by atoms with E-state index in [2.05, 4.69) is 34.5 Å². The standard InChI is InChI=1S/C16H13N2O/c1-2-19-15-10-17-11-18-16(15)14-9-5-7-12-6-3-4-8-13(12)14/h3-10H,2H2,1H3. The number of fused-ring (bicyclic) bond motifs is 1. The molecule has 1 aromatic heterocycles. The number of nitrogens with zero attached hydrogens (tertiary/aromatic N) is 2. The highest BCUT2D eigenvalue weighted by molar-refractivity contribution is 5.96. The molecule has 0 atom stereocenters. The molecule has 0 N–H and O–H groups in total. The van der Waals surface area contributed by atoms with E-state index in [-0.39, 0.29) is 0 Å². The molecule has 93 valence electrons. The number of ether oxygens (including phenoxy) is 1. The van der Waals surface area contributed by atoms with E-state index >= 15 is 0 Å². The first-order valence-electron chi connectivity index (χ1n) is 6.24. The number of aromatic nitrogens is 2. The Labute approximate surface area is 111 Å². The minimum atomic E-state index is 0.588. The van der Waals surface area contributed by atoms with Gasteiger partial charge in [-0.1, -0.05) is 42.5 Å². The largest absolute Gasteiger partial charge is 0.490 e. The molecule has 0 spiro atoms. The summed E-state index contributed by atoms with van der Waals surface area (Å²) in [5.41, 5.74) is 1.83. The number of benzene rings is 2. The van der Waals surface area contributed by atoms with Crippen LogP contribution in [0.25, 0.3) is 22.0 Å². The van der Waals surface area contributed by atoms with Crippen molar-refractivity contribution in [2.45, 2.75) is 6.92 Å². The molecule has 3 heteroatoms. The van der Waals surface area contributed by atoms with E-state index in [0.29, 0.717) is 12.4 Å². The molecule has 19 heavy (non-hydrogen) atoms. The van der Waals surface area contributed by atoms with Crippen LogP contribution in [0, 0.1) is 6.33 Å². The van der Waals surface area contributed by atoms with Gasteiger partial charge in [0.2, 0.25) is 0 Å². The van der Waals surface area contributed by atoms with Crippen molar-refractivity contribution < 1.29 is 4.74 Å². The predicted molar refractivity (Wildman–Crippen MR) is 75.0 cm³/mol. The van der Waals surface area contributed by atoms with Crippen molar-refractivity contribution >= 4 is 10.8 Å². The monoisotopic (exact) mass is 249 g/mol. The second-order valence-electron chi connectivity index (χ2n) is 4.14. The third-order valence-electron chi connectivity index (χ3n) is 2.98. The maximum atomic E-state index is 5.60. The summed E-state index contributed by atoms with van der Waals surface area (Å²) < 4.78 is 5.60. The minimum absolute atomic E-state index is 0.588. The van der Waals surface area contributed by atoms with Gasteiger partial charge in [0.15, 0.2) is 12.1 Å². The average Bonchev–Trinajstić information content (AvgIpc) is 2.48. The van der Waals surface area contributed by atoms with E-state index < -0.39 is 0 Å². The van der Waals surface area contributed by atoms with Crippen molar-refractivity contribution in [1.29, 1.82) is 0 Å². The van der Waals surface area contributed by atoms with Gasteiger partial charge in [-0.3, -0.25) is 0 Å². The van der Waals surface area contributed by atoms with Gasteiger partial charge in [0.1, 0.15) is 5.69 Å². The lowest BCUT2D eigenvalue weighted by molar-refractivity contribution is 0.339. The highest BCUT2D eigenvalue weighted by Crippen LogP contribution is 2.32. The van der Waals surface area contributed by atoms with Gasteiger partial charge in [-0.15, -0.1) is 0 Å². The van der Waals surface area contributed by atoms with Crippen molar-refractivity contribution in [2.24, 2.45) is 0 Å². The molecule has 3 nitrogen and oxygen atoms in total. The zero-order chi connectivity index (χ0) is 13.1. The van der Waals surface area contributed by atoms with E-state index in [0.717, 1.165) is 16.6 Å². The van der Waals surface area contributed by atoms with E-state index in [1.165, 1.54) is 5.39 Å². The van der Waals surface area contributed by atoms with Gasteiger partial charge in [-0.25, -0.2) is 9.97 Å². The lowest BCUT2D eigenvalue weighted by Gasteiger charge is -2.10. The lowest BCUT2D eigenvalue weighted by atomic mass is 10.0. The highest BCUT2D eigenvalue weighted by atomic mass is 16.5.